The van der Waals surface area contributed by atoms with E-state index in [0.717, 1.165) is 37.1 Å². The van der Waals surface area contributed by atoms with E-state index >= 15 is 0 Å². The van der Waals surface area contributed by atoms with E-state index in [9.17, 15) is 13.2 Å². The van der Waals surface area contributed by atoms with E-state index in [1.807, 2.05) is 6.92 Å². The number of nitrogens with one attached hydrogen (secondary N) is 1. The molecule has 94 valence electrons. The minimum absolute atomic E-state index is 0.190. The molecule has 2 rings (SSSR count). The number of alkyl halides is 3. The first kappa shape index (κ1) is 12.4. The average molecular weight is 243 g/mol. The quantitative estimate of drug-likeness (QED) is 0.797. The average Bonchev–Trinajstić information content (AvgIpc) is 2.48. The predicted octanol–water partition coefficient (Wildman–Crippen LogP) is 3.34. The highest BCUT2D eigenvalue weighted by Gasteiger charge is 2.31. The lowest BCUT2D eigenvalue weighted by Gasteiger charge is -2.17. The van der Waals surface area contributed by atoms with Crippen molar-refractivity contribution >= 4 is 0 Å². The standard InChI is InChI=1S/C13H16F3N/c1-2-9-8-17-6-5-10-3-4-11(7-12(9)10)13(14,15)16/h3-4,7,9,17H,2,5-6,8H2,1H3/t9-/m0/s1. The van der Waals surface area contributed by atoms with E-state index in [1.165, 1.54) is 12.1 Å². The first-order chi connectivity index (χ1) is 8.02. The highest BCUT2D eigenvalue weighted by Crippen LogP contribution is 2.34. The second-order valence-electron chi connectivity index (χ2n) is 4.47. The fourth-order valence-electron chi connectivity index (χ4n) is 2.35. The predicted molar refractivity (Wildman–Crippen MR) is 61.0 cm³/mol. The lowest BCUT2D eigenvalue weighted by Crippen LogP contribution is -2.19. The summed E-state index contributed by atoms with van der Waals surface area (Å²) in [5.74, 6) is 0.190. The van der Waals surface area contributed by atoms with E-state index in [-0.39, 0.29) is 5.92 Å². The van der Waals surface area contributed by atoms with Crippen LogP contribution in [0.25, 0.3) is 0 Å². The van der Waals surface area contributed by atoms with Crippen molar-refractivity contribution in [2.24, 2.45) is 0 Å². The Morgan fingerprint density at radius 3 is 2.76 bits per heavy atom. The summed E-state index contributed by atoms with van der Waals surface area (Å²) < 4.78 is 38.0. The van der Waals surface area contributed by atoms with E-state index in [1.54, 1.807) is 6.07 Å². The minimum atomic E-state index is -4.24. The van der Waals surface area contributed by atoms with Crippen molar-refractivity contribution in [2.75, 3.05) is 13.1 Å². The summed E-state index contributed by atoms with van der Waals surface area (Å²) in [6, 6.07) is 4.15. The summed E-state index contributed by atoms with van der Waals surface area (Å²) in [5, 5.41) is 3.27. The van der Waals surface area contributed by atoms with E-state index in [2.05, 4.69) is 5.32 Å². The van der Waals surface area contributed by atoms with Gasteiger partial charge in [0.1, 0.15) is 0 Å². The largest absolute Gasteiger partial charge is 0.416 e. The fraction of sp³-hybridized carbons (Fsp3) is 0.538. The van der Waals surface area contributed by atoms with Crippen LogP contribution in [0.15, 0.2) is 18.2 Å². The molecule has 1 aliphatic rings. The minimum Gasteiger partial charge on any atom is -0.316 e. The molecule has 0 aromatic heterocycles. The molecule has 1 nitrogen and oxygen atoms in total. The Hall–Kier alpha value is -1.03. The summed E-state index contributed by atoms with van der Waals surface area (Å²) in [4.78, 5) is 0. The zero-order valence-corrected chi connectivity index (χ0v) is 9.77. The highest BCUT2D eigenvalue weighted by atomic mass is 19.4. The molecule has 17 heavy (non-hydrogen) atoms. The molecule has 1 aromatic carbocycles. The Kier molecular flexibility index (Phi) is 3.43. The van der Waals surface area contributed by atoms with Crippen LogP contribution in [0.3, 0.4) is 0 Å². The lowest BCUT2D eigenvalue weighted by molar-refractivity contribution is -0.137. The third kappa shape index (κ3) is 2.63. The topological polar surface area (TPSA) is 12.0 Å². The summed E-state index contributed by atoms with van der Waals surface area (Å²) in [7, 11) is 0. The smallest absolute Gasteiger partial charge is 0.316 e. The van der Waals surface area contributed by atoms with Crippen LogP contribution in [-0.2, 0) is 12.6 Å². The van der Waals surface area contributed by atoms with Crippen molar-refractivity contribution in [1.82, 2.24) is 5.32 Å². The van der Waals surface area contributed by atoms with Crippen LogP contribution >= 0.6 is 0 Å². The molecule has 0 unspecified atom stereocenters. The Labute approximate surface area is 99.0 Å². The maximum absolute atomic E-state index is 12.7. The molecule has 4 heteroatoms. The fourth-order valence-corrected chi connectivity index (χ4v) is 2.35. The zero-order chi connectivity index (χ0) is 12.5. The molecule has 1 N–H and O–H groups in total. The summed E-state index contributed by atoms with van der Waals surface area (Å²) >= 11 is 0. The van der Waals surface area contributed by atoms with E-state index < -0.39 is 11.7 Å². The van der Waals surface area contributed by atoms with Gasteiger partial charge in [0.15, 0.2) is 0 Å². The molecule has 0 amide bonds. The Morgan fingerprint density at radius 1 is 1.35 bits per heavy atom. The molecule has 0 aliphatic carbocycles. The Balaban J connectivity index is 2.43. The molecule has 0 bridgehead atoms. The third-order valence-corrected chi connectivity index (χ3v) is 3.37. The molecule has 1 aromatic rings. The van der Waals surface area contributed by atoms with Gasteiger partial charge in [-0.3, -0.25) is 0 Å². The third-order valence-electron chi connectivity index (χ3n) is 3.37. The van der Waals surface area contributed by atoms with Crippen LogP contribution in [0.5, 0.6) is 0 Å². The normalized spacial score (nSPS) is 20.8. The molecule has 0 saturated heterocycles. The molecule has 1 atom stereocenters. The van der Waals surface area contributed by atoms with Gasteiger partial charge in [0.2, 0.25) is 0 Å². The number of fused-ring (bicyclic) bond motifs is 1. The van der Waals surface area contributed by atoms with Gasteiger partial charge >= 0.3 is 6.18 Å². The Morgan fingerprint density at radius 2 is 2.12 bits per heavy atom. The second kappa shape index (κ2) is 4.69. The maximum Gasteiger partial charge on any atom is 0.416 e. The van der Waals surface area contributed by atoms with Crippen LogP contribution in [0.4, 0.5) is 13.2 Å². The van der Waals surface area contributed by atoms with Crippen LogP contribution in [0.2, 0.25) is 0 Å². The maximum atomic E-state index is 12.7. The van der Waals surface area contributed by atoms with Crippen molar-refractivity contribution < 1.29 is 13.2 Å². The van der Waals surface area contributed by atoms with Crippen molar-refractivity contribution in [1.29, 1.82) is 0 Å². The van der Waals surface area contributed by atoms with Gasteiger partial charge in [0, 0.05) is 6.54 Å². The van der Waals surface area contributed by atoms with Gasteiger partial charge in [0.25, 0.3) is 0 Å². The molecule has 0 radical (unpaired) electrons. The van der Waals surface area contributed by atoms with E-state index in [0.29, 0.717) is 0 Å². The summed E-state index contributed by atoms with van der Waals surface area (Å²) in [6.45, 7) is 3.63. The number of halogens is 3. The second-order valence-corrected chi connectivity index (χ2v) is 4.47. The first-order valence-corrected chi connectivity index (χ1v) is 5.93. The lowest BCUT2D eigenvalue weighted by atomic mass is 9.90. The highest BCUT2D eigenvalue weighted by molar-refractivity contribution is 5.37. The van der Waals surface area contributed by atoms with Gasteiger partial charge in [-0.2, -0.15) is 13.2 Å². The van der Waals surface area contributed by atoms with Crippen LogP contribution in [0, 0.1) is 0 Å². The van der Waals surface area contributed by atoms with Crippen molar-refractivity contribution in [3.63, 3.8) is 0 Å². The van der Waals surface area contributed by atoms with Crippen molar-refractivity contribution in [2.45, 2.75) is 31.9 Å². The van der Waals surface area contributed by atoms with Crippen molar-refractivity contribution in [3.05, 3.63) is 34.9 Å². The zero-order valence-electron chi connectivity index (χ0n) is 9.77. The van der Waals surface area contributed by atoms with Gasteiger partial charge < -0.3 is 5.32 Å². The molecular formula is C13H16F3N. The van der Waals surface area contributed by atoms with Crippen molar-refractivity contribution in [3.8, 4) is 0 Å². The first-order valence-electron chi connectivity index (χ1n) is 5.93. The molecule has 0 fully saturated rings. The van der Waals surface area contributed by atoms with Crippen LogP contribution < -0.4 is 5.32 Å². The van der Waals surface area contributed by atoms with Gasteiger partial charge in [-0.05, 0) is 48.6 Å². The van der Waals surface area contributed by atoms with Gasteiger partial charge in [-0.15, -0.1) is 0 Å². The summed E-state index contributed by atoms with van der Waals surface area (Å²) in [5.41, 5.74) is 1.39. The number of hydrogen-bond donors (Lipinski definition) is 1. The summed E-state index contributed by atoms with van der Waals surface area (Å²) in [6.07, 6.45) is -2.57. The molecule has 1 aliphatic heterocycles. The molecule has 0 saturated carbocycles. The van der Waals surface area contributed by atoms with Gasteiger partial charge in [-0.1, -0.05) is 13.0 Å². The SMILES string of the molecule is CC[C@H]1CNCCc2ccc(C(F)(F)F)cc21. The van der Waals surface area contributed by atoms with Crippen LogP contribution in [-0.4, -0.2) is 13.1 Å². The molecule has 0 spiro atoms. The Bertz CT molecular complexity index is 398. The molecule has 1 heterocycles. The number of benzene rings is 1. The van der Waals surface area contributed by atoms with Gasteiger partial charge in [0.05, 0.1) is 5.56 Å². The molecular weight excluding hydrogens is 227 g/mol. The van der Waals surface area contributed by atoms with Crippen LogP contribution in [0.1, 0.15) is 36.0 Å². The number of rotatable bonds is 1. The van der Waals surface area contributed by atoms with Gasteiger partial charge in [-0.25, -0.2) is 0 Å². The monoisotopic (exact) mass is 243 g/mol. The number of hydrogen-bond acceptors (Lipinski definition) is 1. The van der Waals surface area contributed by atoms with E-state index in [4.69, 9.17) is 0 Å².